The number of amides is 1. The lowest BCUT2D eigenvalue weighted by atomic mass is 10.1. The summed E-state index contributed by atoms with van der Waals surface area (Å²) < 4.78 is 4.87. The maximum Gasteiger partial charge on any atom is 0.253 e. The highest BCUT2D eigenvalue weighted by Crippen LogP contribution is 2.20. The van der Waals surface area contributed by atoms with Crippen molar-refractivity contribution in [1.82, 2.24) is 15.5 Å². The van der Waals surface area contributed by atoms with Crippen LogP contribution in [-0.4, -0.2) is 29.1 Å². The molecule has 0 bridgehead atoms. The van der Waals surface area contributed by atoms with Crippen LogP contribution in [0.25, 0.3) is 0 Å². The van der Waals surface area contributed by atoms with Crippen LogP contribution in [-0.2, 0) is 6.42 Å². The lowest BCUT2D eigenvalue weighted by Gasteiger charge is -2.12. The number of halogens is 1. The molecule has 2 aromatic rings. The number of benzene rings is 1. The molecule has 2 N–H and O–H groups in total. The molecule has 1 aromatic carbocycles. The SMILES string of the molecule is CCCNc1ccc(Cl)cc1C(=O)NCCc1ncno1. The molecule has 0 radical (unpaired) electrons. The van der Waals surface area contributed by atoms with Crippen molar-refractivity contribution in [2.75, 3.05) is 18.4 Å². The lowest BCUT2D eigenvalue weighted by molar-refractivity contribution is 0.0954. The van der Waals surface area contributed by atoms with Gasteiger partial charge >= 0.3 is 0 Å². The standard InChI is InChI=1S/C14H17ClN4O2/c1-2-6-16-12-4-3-10(15)8-11(12)14(20)17-7-5-13-18-9-19-21-13/h3-4,8-9,16H,2,5-7H2,1H3,(H,17,20). The molecule has 0 unspecified atom stereocenters. The van der Waals surface area contributed by atoms with Gasteiger partial charge in [-0.2, -0.15) is 4.98 Å². The van der Waals surface area contributed by atoms with Crippen molar-refractivity contribution in [3.63, 3.8) is 0 Å². The first-order valence-electron chi connectivity index (χ1n) is 6.78. The number of hydrogen-bond donors (Lipinski definition) is 2. The van der Waals surface area contributed by atoms with Crippen molar-refractivity contribution >= 4 is 23.2 Å². The van der Waals surface area contributed by atoms with Crippen LogP contribution in [0.2, 0.25) is 5.02 Å². The zero-order chi connectivity index (χ0) is 15.1. The van der Waals surface area contributed by atoms with E-state index in [9.17, 15) is 4.79 Å². The molecule has 1 aromatic heterocycles. The molecule has 21 heavy (non-hydrogen) atoms. The van der Waals surface area contributed by atoms with Gasteiger partial charge in [0.2, 0.25) is 5.89 Å². The fourth-order valence-corrected chi connectivity index (χ4v) is 1.97. The molecule has 1 amide bonds. The summed E-state index contributed by atoms with van der Waals surface area (Å²) in [6.45, 7) is 3.28. The molecule has 0 saturated carbocycles. The number of aromatic nitrogens is 2. The van der Waals surface area contributed by atoms with Crippen molar-refractivity contribution in [1.29, 1.82) is 0 Å². The molecule has 2 rings (SSSR count). The number of carbonyl (C=O) groups is 1. The van der Waals surface area contributed by atoms with E-state index < -0.39 is 0 Å². The van der Waals surface area contributed by atoms with Crippen molar-refractivity contribution < 1.29 is 9.32 Å². The Kier molecular flexibility index (Phi) is 5.57. The van der Waals surface area contributed by atoms with E-state index in [-0.39, 0.29) is 5.91 Å². The second kappa shape index (κ2) is 7.64. The highest BCUT2D eigenvalue weighted by molar-refractivity contribution is 6.31. The highest BCUT2D eigenvalue weighted by Gasteiger charge is 2.12. The predicted octanol–water partition coefficient (Wildman–Crippen LogP) is 2.52. The third-order valence-electron chi connectivity index (χ3n) is 2.82. The van der Waals surface area contributed by atoms with E-state index in [1.807, 2.05) is 6.07 Å². The zero-order valence-electron chi connectivity index (χ0n) is 11.7. The van der Waals surface area contributed by atoms with Crippen LogP contribution in [0.5, 0.6) is 0 Å². The van der Waals surface area contributed by atoms with Gasteiger partial charge in [-0.25, -0.2) is 0 Å². The summed E-state index contributed by atoms with van der Waals surface area (Å²) in [6.07, 6.45) is 2.80. The van der Waals surface area contributed by atoms with E-state index in [1.54, 1.807) is 12.1 Å². The van der Waals surface area contributed by atoms with Gasteiger partial charge in [0.1, 0.15) is 0 Å². The van der Waals surface area contributed by atoms with Crippen LogP contribution < -0.4 is 10.6 Å². The van der Waals surface area contributed by atoms with Gasteiger partial charge in [0.25, 0.3) is 5.91 Å². The first kappa shape index (κ1) is 15.3. The van der Waals surface area contributed by atoms with E-state index >= 15 is 0 Å². The summed E-state index contributed by atoms with van der Waals surface area (Å²) in [5.41, 5.74) is 1.30. The number of nitrogens with one attached hydrogen (secondary N) is 2. The number of rotatable bonds is 7. The summed E-state index contributed by atoms with van der Waals surface area (Å²) in [5, 5.41) is 10.1. The highest BCUT2D eigenvalue weighted by atomic mass is 35.5. The molecule has 0 aliphatic rings. The van der Waals surface area contributed by atoms with Gasteiger partial charge in [-0.1, -0.05) is 23.7 Å². The van der Waals surface area contributed by atoms with Gasteiger partial charge in [0, 0.05) is 30.2 Å². The molecule has 112 valence electrons. The van der Waals surface area contributed by atoms with Crippen LogP contribution >= 0.6 is 11.6 Å². The van der Waals surface area contributed by atoms with Crippen molar-refractivity contribution in [2.45, 2.75) is 19.8 Å². The van der Waals surface area contributed by atoms with Gasteiger partial charge in [-0.15, -0.1) is 0 Å². The molecule has 0 aliphatic carbocycles. The number of hydrogen-bond acceptors (Lipinski definition) is 5. The first-order chi connectivity index (χ1) is 10.2. The van der Waals surface area contributed by atoms with E-state index in [0.717, 1.165) is 18.7 Å². The molecule has 0 saturated heterocycles. The predicted molar refractivity (Wildman–Crippen MR) is 80.6 cm³/mol. The van der Waals surface area contributed by atoms with Gasteiger partial charge in [0.15, 0.2) is 6.33 Å². The Labute approximate surface area is 127 Å². The minimum Gasteiger partial charge on any atom is -0.384 e. The third kappa shape index (κ3) is 4.46. The van der Waals surface area contributed by atoms with Crippen LogP contribution in [0.3, 0.4) is 0 Å². The number of carbonyl (C=O) groups excluding carboxylic acids is 1. The first-order valence-corrected chi connectivity index (χ1v) is 7.15. The Morgan fingerprint density at radius 3 is 2.95 bits per heavy atom. The molecule has 1 heterocycles. The topological polar surface area (TPSA) is 80.0 Å². The molecular formula is C14H17ClN4O2. The second-order valence-electron chi connectivity index (χ2n) is 4.46. The van der Waals surface area contributed by atoms with Crippen molar-refractivity contribution in [3.05, 3.63) is 41.0 Å². The van der Waals surface area contributed by atoms with Crippen LogP contribution in [0.4, 0.5) is 5.69 Å². The van der Waals surface area contributed by atoms with Gasteiger partial charge in [-0.3, -0.25) is 4.79 Å². The minimum absolute atomic E-state index is 0.185. The molecule has 0 spiro atoms. The van der Waals surface area contributed by atoms with Gasteiger partial charge in [0.05, 0.1) is 5.56 Å². The fourth-order valence-electron chi connectivity index (χ4n) is 1.80. The summed E-state index contributed by atoms with van der Waals surface area (Å²) in [5.74, 6) is 0.307. The Bertz CT molecular complexity index is 587. The second-order valence-corrected chi connectivity index (χ2v) is 4.89. The number of nitrogens with zero attached hydrogens (tertiary/aromatic N) is 2. The van der Waals surface area contributed by atoms with E-state index in [4.69, 9.17) is 16.1 Å². The third-order valence-corrected chi connectivity index (χ3v) is 3.06. The molecule has 0 fully saturated rings. The molecule has 0 atom stereocenters. The summed E-state index contributed by atoms with van der Waals surface area (Å²) in [4.78, 5) is 16.1. The van der Waals surface area contributed by atoms with E-state index in [2.05, 4.69) is 27.7 Å². The van der Waals surface area contributed by atoms with Crippen molar-refractivity contribution in [3.8, 4) is 0 Å². The Hall–Kier alpha value is -2.08. The van der Waals surface area contributed by atoms with Gasteiger partial charge in [-0.05, 0) is 24.6 Å². The summed E-state index contributed by atoms with van der Waals surface area (Å²) >= 11 is 5.97. The molecule has 6 nitrogen and oxygen atoms in total. The Balaban J connectivity index is 1.98. The molecule has 0 aliphatic heterocycles. The fraction of sp³-hybridized carbons (Fsp3) is 0.357. The maximum atomic E-state index is 12.2. The largest absolute Gasteiger partial charge is 0.384 e. The van der Waals surface area contributed by atoms with Gasteiger partial charge < -0.3 is 15.2 Å². The summed E-state index contributed by atoms with van der Waals surface area (Å²) in [7, 11) is 0. The monoisotopic (exact) mass is 308 g/mol. The Morgan fingerprint density at radius 2 is 2.24 bits per heavy atom. The van der Waals surface area contributed by atoms with Crippen LogP contribution in [0.1, 0.15) is 29.6 Å². The van der Waals surface area contributed by atoms with Crippen molar-refractivity contribution in [2.24, 2.45) is 0 Å². The summed E-state index contributed by atoms with van der Waals surface area (Å²) in [6, 6.07) is 5.22. The van der Waals surface area contributed by atoms with Crippen LogP contribution in [0.15, 0.2) is 29.0 Å². The quantitative estimate of drug-likeness (QED) is 0.821. The van der Waals surface area contributed by atoms with E-state index in [1.165, 1.54) is 6.33 Å². The average Bonchev–Trinajstić information content (AvgIpc) is 2.99. The smallest absolute Gasteiger partial charge is 0.253 e. The zero-order valence-corrected chi connectivity index (χ0v) is 12.5. The average molecular weight is 309 g/mol. The molecular weight excluding hydrogens is 292 g/mol. The minimum atomic E-state index is -0.185. The normalized spacial score (nSPS) is 10.4. The lowest BCUT2D eigenvalue weighted by Crippen LogP contribution is -2.26. The van der Waals surface area contributed by atoms with Crippen LogP contribution in [0, 0.1) is 0 Å². The number of anilines is 1. The van der Waals surface area contributed by atoms with E-state index in [0.29, 0.717) is 29.4 Å². The maximum absolute atomic E-state index is 12.2. The Morgan fingerprint density at radius 1 is 1.38 bits per heavy atom. The molecule has 7 heteroatoms.